The minimum absolute atomic E-state index is 0.165. The van der Waals surface area contributed by atoms with Crippen LogP contribution >= 0.6 is 23.1 Å². The average Bonchev–Trinajstić information content (AvgIpc) is 3.29. The Morgan fingerprint density at radius 2 is 2.04 bits per heavy atom. The molecule has 0 radical (unpaired) electrons. The largest absolute Gasteiger partial charge is 0.338 e. The normalized spacial score (nSPS) is 12.2. The van der Waals surface area contributed by atoms with Crippen LogP contribution in [-0.2, 0) is 4.79 Å². The number of hydrogen-bond acceptors (Lipinski definition) is 7. The third-order valence-electron chi connectivity index (χ3n) is 3.88. The molecule has 6 nitrogen and oxygen atoms in total. The fraction of sp³-hybridized carbons (Fsp3) is 0.158. The molecule has 4 rings (SSSR count). The third-order valence-corrected chi connectivity index (χ3v) is 6.09. The second kappa shape index (κ2) is 7.50. The van der Waals surface area contributed by atoms with Gasteiger partial charge in [0.2, 0.25) is 11.8 Å². The van der Waals surface area contributed by atoms with Crippen LogP contribution < -0.4 is 5.32 Å². The van der Waals surface area contributed by atoms with Crippen LogP contribution in [0.4, 0.5) is 5.88 Å². The molecule has 1 atom stereocenters. The van der Waals surface area contributed by atoms with Crippen molar-refractivity contribution in [3.63, 3.8) is 0 Å². The number of nitrogens with one attached hydrogen (secondary N) is 1. The molecule has 1 unspecified atom stereocenters. The molecule has 0 fully saturated rings. The molecular formula is C19H16N4O2S2. The number of amides is 1. The van der Waals surface area contributed by atoms with Crippen molar-refractivity contribution in [2.24, 2.45) is 0 Å². The van der Waals surface area contributed by atoms with E-state index in [1.165, 1.54) is 11.8 Å². The first-order chi connectivity index (χ1) is 13.1. The lowest BCUT2D eigenvalue weighted by molar-refractivity contribution is -0.115. The second-order valence-electron chi connectivity index (χ2n) is 5.96. The topological polar surface area (TPSA) is 80.9 Å². The first-order valence-corrected chi connectivity index (χ1v) is 10.0. The summed E-state index contributed by atoms with van der Waals surface area (Å²) in [6.45, 7) is 3.64. The number of thioether (sulfide) groups is 1. The maximum absolute atomic E-state index is 12.4. The number of carbonyl (C=O) groups is 1. The summed E-state index contributed by atoms with van der Waals surface area (Å²) in [5.41, 5.74) is 1.86. The number of anilines is 1. The fourth-order valence-corrected chi connectivity index (χ4v) is 4.50. The Bertz CT molecular complexity index is 1090. The van der Waals surface area contributed by atoms with E-state index in [1.807, 2.05) is 25.1 Å². The lowest BCUT2D eigenvalue weighted by atomic mass is 10.2. The molecule has 0 spiro atoms. The summed E-state index contributed by atoms with van der Waals surface area (Å²) in [5.74, 6) is 0.182. The number of thiophene rings is 1. The van der Waals surface area contributed by atoms with E-state index in [1.54, 1.807) is 30.7 Å². The maximum atomic E-state index is 12.4. The number of rotatable bonds is 5. The molecule has 0 saturated heterocycles. The van der Waals surface area contributed by atoms with Gasteiger partial charge in [0.15, 0.2) is 0 Å². The summed E-state index contributed by atoms with van der Waals surface area (Å²) in [5, 5.41) is 7.90. The molecule has 27 heavy (non-hydrogen) atoms. The molecule has 3 heterocycles. The molecule has 0 bridgehead atoms. The summed E-state index contributed by atoms with van der Waals surface area (Å²) in [4.78, 5) is 23.2. The molecular weight excluding hydrogens is 380 g/mol. The number of benzene rings is 1. The Hall–Kier alpha value is -2.71. The molecule has 136 valence electrons. The van der Waals surface area contributed by atoms with Crippen molar-refractivity contribution in [2.75, 3.05) is 5.32 Å². The van der Waals surface area contributed by atoms with Gasteiger partial charge < -0.3 is 4.52 Å². The van der Waals surface area contributed by atoms with Crippen LogP contribution in [0.2, 0.25) is 0 Å². The van der Waals surface area contributed by atoms with Crippen molar-refractivity contribution < 1.29 is 9.32 Å². The third kappa shape index (κ3) is 3.86. The first kappa shape index (κ1) is 17.7. The van der Waals surface area contributed by atoms with Gasteiger partial charge in [0.05, 0.1) is 10.9 Å². The van der Waals surface area contributed by atoms with Gasteiger partial charge in [-0.15, -0.1) is 11.3 Å². The Labute approximate surface area is 164 Å². The van der Waals surface area contributed by atoms with Crippen LogP contribution in [0.25, 0.3) is 20.7 Å². The van der Waals surface area contributed by atoms with E-state index in [-0.39, 0.29) is 11.2 Å². The summed E-state index contributed by atoms with van der Waals surface area (Å²) < 4.78 is 5.04. The molecule has 0 aliphatic heterocycles. The standard InChI is InChI=1S/C19H16N4O2S2/c1-11-8-16(25-23-11)22-17(24)12(2)26-18-14-9-15(13-6-4-3-5-7-13)27-19(14)21-10-20-18/h3-10,12H,1-2H3,(H,22,24). The minimum atomic E-state index is -0.353. The van der Waals surface area contributed by atoms with Gasteiger partial charge in [-0.1, -0.05) is 47.3 Å². The van der Waals surface area contributed by atoms with Gasteiger partial charge in [-0.3, -0.25) is 10.1 Å². The number of aryl methyl sites for hydroxylation is 1. The number of nitrogens with zero attached hydrogens (tertiary/aromatic N) is 3. The van der Waals surface area contributed by atoms with Crippen LogP contribution in [0.5, 0.6) is 0 Å². The van der Waals surface area contributed by atoms with E-state index in [9.17, 15) is 4.79 Å². The highest BCUT2D eigenvalue weighted by atomic mass is 32.2. The van der Waals surface area contributed by atoms with E-state index >= 15 is 0 Å². The predicted octanol–water partition coefficient (Wildman–Crippen LogP) is 4.77. The number of fused-ring (bicyclic) bond motifs is 1. The van der Waals surface area contributed by atoms with Crippen molar-refractivity contribution >= 4 is 45.1 Å². The Morgan fingerprint density at radius 3 is 2.78 bits per heavy atom. The highest BCUT2D eigenvalue weighted by molar-refractivity contribution is 8.00. The monoisotopic (exact) mass is 396 g/mol. The molecule has 3 aromatic heterocycles. The van der Waals surface area contributed by atoms with Gasteiger partial charge in [0.25, 0.3) is 0 Å². The van der Waals surface area contributed by atoms with Crippen molar-refractivity contribution in [2.45, 2.75) is 24.1 Å². The minimum Gasteiger partial charge on any atom is -0.338 e. The molecule has 0 aliphatic rings. The van der Waals surface area contributed by atoms with Crippen LogP contribution in [-0.4, -0.2) is 26.3 Å². The average molecular weight is 396 g/mol. The second-order valence-corrected chi connectivity index (χ2v) is 8.32. The van der Waals surface area contributed by atoms with E-state index in [4.69, 9.17) is 4.52 Å². The van der Waals surface area contributed by atoms with Crippen molar-refractivity contribution in [3.8, 4) is 10.4 Å². The summed E-state index contributed by atoms with van der Waals surface area (Å²) in [6.07, 6.45) is 1.54. The zero-order valence-corrected chi connectivity index (χ0v) is 16.3. The molecule has 1 aromatic carbocycles. The Morgan fingerprint density at radius 1 is 1.22 bits per heavy atom. The SMILES string of the molecule is Cc1cc(NC(=O)C(C)Sc2ncnc3sc(-c4ccccc4)cc23)on1. The smallest absolute Gasteiger partial charge is 0.240 e. The fourth-order valence-electron chi connectivity index (χ4n) is 2.54. The summed E-state index contributed by atoms with van der Waals surface area (Å²) in [7, 11) is 0. The molecule has 1 N–H and O–H groups in total. The van der Waals surface area contributed by atoms with Crippen LogP contribution in [0.15, 0.2) is 58.3 Å². The molecule has 1 amide bonds. The van der Waals surface area contributed by atoms with Gasteiger partial charge in [-0.25, -0.2) is 9.97 Å². The quantitative estimate of drug-likeness (QED) is 0.386. The lowest BCUT2D eigenvalue weighted by Gasteiger charge is -2.09. The molecule has 4 aromatic rings. The zero-order valence-electron chi connectivity index (χ0n) is 14.7. The highest BCUT2D eigenvalue weighted by Gasteiger charge is 2.19. The summed E-state index contributed by atoms with van der Waals surface area (Å²) in [6, 6.07) is 13.9. The van der Waals surface area contributed by atoms with E-state index in [0.29, 0.717) is 5.88 Å². The first-order valence-electron chi connectivity index (χ1n) is 8.31. The van der Waals surface area contributed by atoms with E-state index < -0.39 is 0 Å². The van der Waals surface area contributed by atoms with Gasteiger partial charge >= 0.3 is 0 Å². The summed E-state index contributed by atoms with van der Waals surface area (Å²) >= 11 is 3.01. The predicted molar refractivity (Wildman–Crippen MR) is 108 cm³/mol. The molecule has 8 heteroatoms. The van der Waals surface area contributed by atoms with Crippen LogP contribution in [0, 0.1) is 6.92 Å². The molecule has 0 aliphatic carbocycles. The lowest BCUT2D eigenvalue weighted by Crippen LogP contribution is -2.22. The van der Waals surface area contributed by atoms with Gasteiger partial charge in [-0.2, -0.15) is 0 Å². The zero-order chi connectivity index (χ0) is 18.8. The van der Waals surface area contributed by atoms with E-state index in [2.05, 4.69) is 38.6 Å². The number of aromatic nitrogens is 3. The van der Waals surface area contributed by atoms with Crippen LogP contribution in [0.1, 0.15) is 12.6 Å². The Balaban J connectivity index is 1.56. The van der Waals surface area contributed by atoms with Crippen molar-refractivity contribution in [3.05, 3.63) is 54.5 Å². The van der Waals surface area contributed by atoms with E-state index in [0.717, 1.165) is 31.4 Å². The van der Waals surface area contributed by atoms with Crippen molar-refractivity contribution in [1.29, 1.82) is 0 Å². The van der Waals surface area contributed by atoms with Gasteiger partial charge in [-0.05, 0) is 25.5 Å². The van der Waals surface area contributed by atoms with Gasteiger partial charge in [0, 0.05) is 16.3 Å². The number of carbonyl (C=O) groups excluding carboxylic acids is 1. The Kier molecular flexibility index (Phi) is 4.91. The molecule has 0 saturated carbocycles. The number of hydrogen-bond donors (Lipinski definition) is 1. The van der Waals surface area contributed by atoms with Crippen LogP contribution in [0.3, 0.4) is 0 Å². The van der Waals surface area contributed by atoms with Gasteiger partial charge in [0.1, 0.15) is 16.2 Å². The maximum Gasteiger partial charge on any atom is 0.240 e. The van der Waals surface area contributed by atoms with Crippen molar-refractivity contribution in [1.82, 2.24) is 15.1 Å². The highest BCUT2D eigenvalue weighted by Crippen LogP contribution is 2.37.